The fraction of sp³-hybridized carbons (Fsp3) is 0.345. The van der Waals surface area contributed by atoms with E-state index in [0.717, 1.165) is 16.5 Å². The molecule has 0 saturated heterocycles. The molecular weight excluding hydrogens is 457 g/mol. The topological polar surface area (TPSA) is 69.7 Å². The fourth-order valence-corrected chi connectivity index (χ4v) is 4.60. The predicted octanol–water partition coefficient (Wildman–Crippen LogP) is 5.05. The zero-order valence-corrected chi connectivity index (χ0v) is 21.2. The van der Waals surface area contributed by atoms with E-state index < -0.39 is 17.4 Å². The van der Waals surface area contributed by atoms with E-state index in [1.54, 1.807) is 30.0 Å². The Hall–Kier alpha value is -3.74. The van der Waals surface area contributed by atoms with Crippen molar-refractivity contribution in [3.8, 4) is 0 Å². The Bertz CT molecular complexity index is 1310. The summed E-state index contributed by atoms with van der Waals surface area (Å²) in [7, 11) is 0. The quantitative estimate of drug-likeness (QED) is 0.481. The zero-order valence-electron chi connectivity index (χ0n) is 21.2. The van der Waals surface area contributed by atoms with Crippen molar-refractivity contribution in [2.24, 2.45) is 0 Å². The van der Waals surface area contributed by atoms with Crippen molar-refractivity contribution < 1.29 is 18.8 Å². The summed E-state index contributed by atoms with van der Waals surface area (Å²) in [5.74, 6) is -1.07. The molecule has 6 nitrogen and oxygen atoms in total. The second-order valence-electron chi connectivity index (χ2n) is 10.3. The highest BCUT2D eigenvalue weighted by Crippen LogP contribution is 2.37. The van der Waals surface area contributed by atoms with Crippen molar-refractivity contribution >= 4 is 34.2 Å². The molecule has 1 heterocycles. The van der Waals surface area contributed by atoms with Crippen LogP contribution in [0.1, 0.15) is 56.5 Å². The van der Waals surface area contributed by atoms with Gasteiger partial charge in [-0.1, -0.05) is 42.5 Å². The van der Waals surface area contributed by atoms with Gasteiger partial charge in [0.15, 0.2) is 0 Å². The summed E-state index contributed by atoms with van der Waals surface area (Å²) in [4.78, 5) is 42.4. The van der Waals surface area contributed by atoms with Gasteiger partial charge in [-0.15, -0.1) is 0 Å². The molecule has 0 saturated carbocycles. The lowest BCUT2D eigenvalue weighted by atomic mass is 10.1. The summed E-state index contributed by atoms with van der Waals surface area (Å²) >= 11 is 0. The number of hydrogen-bond donors (Lipinski definition) is 1. The molecule has 36 heavy (non-hydrogen) atoms. The van der Waals surface area contributed by atoms with Gasteiger partial charge in [0.2, 0.25) is 11.8 Å². The number of amides is 3. The van der Waals surface area contributed by atoms with Crippen LogP contribution in [-0.4, -0.2) is 40.7 Å². The van der Waals surface area contributed by atoms with Crippen molar-refractivity contribution in [3.05, 3.63) is 77.6 Å². The van der Waals surface area contributed by atoms with Gasteiger partial charge >= 0.3 is 0 Å². The molecule has 4 rings (SSSR count). The van der Waals surface area contributed by atoms with Gasteiger partial charge in [0, 0.05) is 41.6 Å². The normalized spacial score (nSPS) is 13.7. The van der Waals surface area contributed by atoms with Crippen molar-refractivity contribution in [2.75, 3.05) is 11.4 Å². The molecule has 0 fully saturated rings. The third-order valence-corrected chi connectivity index (χ3v) is 6.39. The van der Waals surface area contributed by atoms with E-state index >= 15 is 0 Å². The van der Waals surface area contributed by atoms with Gasteiger partial charge in [-0.3, -0.25) is 14.4 Å². The molecule has 1 aliphatic rings. The Kier molecular flexibility index (Phi) is 7.11. The molecule has 188 valence electrons. The molecule has 0 aromatic heterocycles. The van der Waals surface area contributed by atoms with E-state index in [0.29, 0.717) is 24.1 Å². The fourth-order valence-electron chi connectivity index (χ4n) is 4.60. The molecule has 3 aromatic carbocycles. The molecule has 1 atom stereocenters. The van der Waals surface area contributed by atoms with Crippen LogP contribution >= 0.6 is 0 Å². The molecule has 1 N–H and O–H groups in total. The largest absolute Gasteiger partial charge is 0.350 e. The van der Waals surface area contributed by atoms with Crippen LogP contribution in [0.3, 0.4) is 0 Å². The van der Waals surface area contributed by atoms with E-state index in [2.05, 4.69) is 5.32 Å². The van der Waals surface area contributed by atoms with E-state index in [-0.39, 0.29) is 30.7 Å². The van der Waals surface area contributed by atoms with Gasteiger partial charge in [-0.2, -0.15) is 0 Å². The lowest BCUT2D eigenvalue weighted by Crippen LogP contribution is -2.52. The Morgan fingerprint density at radius 2 is 1.72 bits per heavy atom. The van der Waals surface area contributed by atoms with Crippen molar-refractivity contribution in [1.29, 1.82) is 0 Å². The molecule has 1 unspecified atom stereocenters. The number of hydrogen-bond acceptors (Lipinski definition) is 3. The highest BCUT2D eigenvalue weighted by atomic mass is 19.1. The predicted molar refractivity (Wildman–Crippen MR) is 139 cm³/mol. The summed E-state index contributed by atoms with van der Waals surface area (Å²) in [6, 6.07) is 17.0. The van der Waals surface area contributed by atoms with E-state index in [9.17, 15) is 18.8 Å². The Balaban J connectivity index is 1.48. The first-order valence-electron chi connectivity index (χ1n) is 12.3. The van der Waals surface area contributed by atoms with Crippen LogP contribution in [0.25, 0.3) is 10.8 Å². The number of halogens is 1. The number of carbonyl (C=O) groups is 3. The summed E-state index contributed by atoms with van der Waals surface area (Å²) in [6.45, 7) is 7.61. The molecule has 3 aromatic rings. The first kappa shape index (κ1) is 25.4. The van der Waals surface area contributed by atoms with Crippen LogP contribution in [0.5, 0.6) is 0 Å². The monoisotopic (exact) mass is 489 g/mol. The SMILES string of the molecule is CC(C(=O)NC(C)(C)C)N(Cc1ccccc1F)C(=O)CCCN1C(=O)c2cccc3cccc1c23. The number of anilines is 1. The average Bonchev–Trinajstić information content (AvgIpc) is 3.10. The van der Waals surface area contributed by atoms with Crippen molar-refractivity contribution in [2.45, 2.75) is 58.7 Å². The lowest BCUT2D eigenvalue weighted by Gasteiger charge is -2.31. The minimum atomic E-state index is -0.789. The minimum absolute atomic E-state index is 0.0162. The Morgan fingerprint density at radius 1 is 1.03 bits per heavy atom. The molecule has 7 heteroatoms. The summed E-state index contributed by atoms with van der Waals surface area (Å²) in [5, 5.41) is 4.84. The summed E-state index contributed by atoms with van der Waals surface area (Å²) in [5.41, 5.74) is 1.40. The number of nitrogens with one attached hydrogen (secondary N) is 1. The highest BCUT2D eigenvalue weighted by Gasteiger charge is 2.31. The van der Waals surface area contributed by atoms with Crippen LogP contribution in [0.2, 0.25) is 0 Å². The first-order valence-corrected chi connectivity index (χ1v) is 12.3. The van der Waals surface area contributed by atoms with Crippen LogP contribution in [0.4, 0.5) is 10.1 Å². The minimum Gasteiger partial charge on any atom is -0.350 e. The van der Waals surface area contributed by atoms with Gasteiger partial charge in [-0.05, 0) is 57.7 Å². The molecule has 0 aliphatic carbocycles. The molecule has 0 bridgehead atoms. The van der Waals surface area contributed by atoms with Crippen LogP contribution in [-0.2, 0) is 16.1 Å². The second kappa shape index (κ2) is 10.1. The summed E-state index contributed by atoms with van der Waals surface area (Å²) in [6.07, 6.45) is 0.536. The van der Waals surface area contributed by atoms with Gasteiger partial charge in [0.05, 0.1) is 5.69 Å². The maximum absolute atomic E-state index is 14.4. The van der Waals surface area contributed by atoms with Crippen LogP contribution in [0.15, 0.2) is 60.7 Å². The number of rotatable bonds is 8. The maximum Gasteiger partial charge on any atom is 0.258 e. The third kappa shape index (κ3) is 5.25. The average molecular weight is 490 g/mol. The lowest BCUT2D eigenvalue weighted by molar-refractivity contribution is -0.141. The highest BCUT2D eigenvalue weighted by molar-refractivity contribution is 6.25. The molecule has 1 aliphatic heterocycles. The number of carbonyl (C=O) groups excluding carboxylic acids is 3. The van der Waals surface area contributed by atoms with Gasteiger partial charge in [-0.25, -0.2) is 4.39 Å². The van der Waals surface area contributed by atoms with E-state index in [4.69, 9.17) is 0 Å². The van der Waals surface area contributed by atoms with Crippen LogP contribution < -0.4 is 10.2 Å². The summed E-state index contributed by atoms with van der Waals surface area (Å²) < 4.78 is 14.4. The Morgan fingerprint density at radius 3 is 2.42 bits per heavy atom. The maximum atomic E-state index is 14.4. The van der Waals surface area contributed by atoms with E-state index in [1.165, 1.54) is 11.0 Å². The van der Waals surface area contributed by atoms with Crippen molar-refractivity contribution in [1.82, 2.24) is 10.2 Å². The zero-order chi connectivity index (χ0) is 26.0. The van der Waals surface area contributed by atoms with E-state index in [1.807, 2.05) is 57.2 Å². The van der Waals surface area contributed by atoms with Gasteiger partial charge in [0.1, 0.15) is 11.9 Å². The van der Waals surface area contributed by atoms with Crippen molar-refractivity contribution in [3.63, 3.8) is 0 Å². The first-order chi connectivity index (χ1) is 17.1. The second-order valence-corrected chi connectivity index (χ2v) is 10.3. The molecule has 3 amide bonds. The number of benzene rings is 3. The molecule has 0 radical (unpaired) electrons. The Labute approximate surface area is 211 Å². The third-order valence-electron chi connectivity index (χ3n) is 6.39. The molecular formula is C29H32FN3O3. The van der Waals surface area contributed by atoms with Gasteiger partial charge in [0.25, 0.3) is 5.91 Å². The van der Waals surface area contributed by atoms with Crippen LogP contribution in [0, 0.1) is 5.82 Å². The number of nitrogens with zero attached hydrogens (tertiary/aromatic N) is 2. The van der Waals surface area contributed by atoms with Gasteiger partial charge < -0.3 is 15.1 Å². The standard InChI is InChI=1S/C29H32FN3O3/c1-19(27(35)31-29(2,3)4)33(18-21-10-5-6-14-23(21)30)25(34)16-9-17-32-24-15-8-12-20-11-7-13-22(26(20)24)28(32)36/h5-8,10-15,19H,9,16-18H2,1-4H3,(H,31,35). The smallest absolute Gasteiger partial charge is 0.258 e. The molecule has 0 spiro atoms.